The first-order valence-electron chi connectivity index (χ1n) is 8.82. The minimum Gasteiger partial charge on any atom is -0.352 e. The molecule has 0 spiro atoms. The molecule has 5 heteroatoms. The quantitative estimate of drug-likeness (QED) is 0.776. The number of amides is 3. The first-order chi connectivity index (χ1) is 11.5. The second-order valence-corrected chi connectivity index (χ2v) is 6.96. The van der Waals surface area contributed by atoms with Crippen LogP contribution in [0.25, 0.3) is 0 Å². The topological polar surface area (TPSA) is 70.2 Å². The van der Waals surface area contributed by atoms with Crippen molar-refractivity contribution in [1.29, 1.82) is 0 Å². The molecule has 1 aromatic rings. The molecule has 24 heavy (non-hydrogen) atoms. The van der Waals surface area contributed by atoms with Gasteiger partial charge in [0, 0.05) is 12.6 Å². The lowest BCUT2D eigenvalue weighted by molar-refractivity contribution is -0.121. The molecule has 1 aliphatic rings. The van der Waals surface area contributed by atoms with E-state index >= 15 is 0 Å². The highest BCUT2D eigenvalue weighted by molar-refractivity contribution is 5.84. The van der Waals surface area contributed by atoms with Gasteiger partial charge in [0.25, 0.3) is 0 Å². The molecular formula is C19H29N3O2. The predicted molar refractivity (Wildman–Crippen MR) is 95.5 cm³/mol. The first kappa shape index (κ1) is 18.3. The summed E-state index contributed by atoms with van der Waals surface area (Å²) >= 11 is 0. The maximum atomic E-state index is 12.0. The van der Waals surface area contributed by atoms with Gasteiger partial charge < -0.3 is 16.0 Å². The average Bonchev–Trinajstić information content (AvgIpc) is 2.56. The summed E-state index contributed by atoms with van der Waals surface area (Å²) in [6.45, 7) is 6.91. The Balaban J connectivity index is 1.67. The SMILES string of the molecule is Cc1ccc(CNC(=O)NCC(=O)N[C@@H]2CCC[C@@H](C)[C@@H]2C)cc1. The molecule has 1 aliphatic carbocycles. The van der Waals surface area contributed by atoms with Crippen LogP contribution in [0.3, 0.4) is 0 Å². The highest BCUT2D eigenvalue weighted by Crippen LogP contribution is 2.29. The number of urea groups is 1. The van der Waals surface area contributed by atoms with Gasteiger partial charge in [-0.05, 0) is 30.7 Å². The lowest BCUT2D eigenvalue weighted by atomic mass is 9.78. The number of hydrogen-bond acceptors (Lipinski definition) is 2. The van der Waals surface area contributed by atoms with Gasteiger partial charge in [0.05, 0.1) is 6.54 Å². The van der Waals surface area contributed by atoms with Crippen molar-refractivity contribution in [3.63, 3.8) is 0 Å². The third-order valence-corrected chi connectivity index (χ3v) is 5.04. The third kappa shape index (κ3) is 5.55. The van der Waals surface area contributed by atoms with E-state index in [1.807, 2.05) is 31.2 Å². The van der Waals surface area contributed by atoms with E-state index in [4.69, 9.17) is 0 Å². The number of carbonyl (C=O) groups excluding carboxylic acids is 2. The van der Waals surface area contributed by atoms with Gasteiger partial charge in [0.15, 0.2) is 0 Å². The van der Waals surface area contributed by atoms with Crippen LogP contribution in [0.5, 0.6) is 0 Å². The molecule has 5 nitrogen and oxygen atoms in total. The van der Waals surface area contributed by atoms with E-state index in [1.54, 1.807) is 0 Å². The largest absolute Gasteiger partial charge is 0.352 e. The van der Waals surface area contributed by atoms with Gasteiger partial charge in [-0.15, -0.1) is 0 Å². The Morgan fingerprint density at radius 3 is 2.50 bits per heavy atom. The van der Waals surface area contributed by atoms with Crippen LogP contribution in [0, 0.1) is 18.8 Å². The Morgan fingerprint density at radius 1 is 1.08 bits per heavy atom. The van der Waals surface area contributed by atoms with Crippen molar-refractivity contribution < 1.29 is 9.59 Å². The fourth-order valence-corrected chi connectivity index (χ4v) is 3.15. The highest BCUT2D eigenvalue weighted by Gasteiger charge is 2.27. The van der Waals surface area contributed by atoms with Gasteiger partial charge in [0.1, 0.15) is 0 Å². The lowest BCUT2D eigenvalue weighted by Gasteiger charge is -2.34. The van der Waals surface area contributed by atoms with E-state index < -0.39 is 0 Å². The Hall–Kier alpha value is -2.04. The van der Waals surface area contributed by atoms with Gasteiger partial charge in [-0.3, -0.25) is 4.79 Å². The third-order valence-electron chi connectivity index (χ3n) is 5.04. The smallest absolute Gasteiger partial charge is 0.315 e. The van der Waals surface area contributed by atoms with Crippen LogP contribution in [-0.2, 0) is 11.3 Å². The number of hydrogen-bond donors (Lipinski definition) is 3. The summed E-state index contributed by atoms with van der Waals surface area (Å²) in [5.41, 5.74) is 2.22. The molecule has 0 radical (unpaired) electrons. The van der Waals surface area contributed by atoms with Crippen LogP contribution in [0.1, 0.15) is 44.2 Å². The van der Waals surface area contributed by atoms with Gasteiger partial charge in [0.2, 0.25) is 5.91 Å². The van der Waals surface area contributed by atoms with Crippen molar-refractivity contribution in [2.75, 3.05) is 6.54 Å². The van der Waals surface area contributed by atoms with Gasteiger partial charge >= 0.3 is 6.03 Å². The summed E-state index contributed by atoms with van der Waals surface area (Å²) < 4.78 is 0. The number of nitrogens with one attached hydrogen (secondary N) is 3. The monoisotopic (exact) mass is 331 g/mol. The molecule has 2 rings (SSSR count). The zero-order valence-electron chi connectivity index (χ0n) is 14.9. The molecule has 3 atom stereocenters. The van der Waals surface area contributed by atoms with Gasteiger partial charge in [-0.2, -0.15) is 0 Å². The summed E-state index contributed by atoms with van der Waals surface area (Å²) in [5, 5.41) is 8.43. The average molecular weight is 331 g/mol. The molecule has 0 aliphatic heterocycles. The molecule has 3 N–H and O–H groups in total. The van der Waals surface area contributed by atoms with Crippen molar-refractivity contribution in [3.05, 3.63) is 35.4 Å². The Kier molecular flexibility index (Phi) is 6.64. The number of carbonyl (C=O) groups is 2. The van der Waals surface area contributed by atoms with Crippen LogP contribution in [-0.4, -0.2) is 24.5 Å². The minimum absolute atomic E-state index is 0.0112. The van der Waals surface area contributed by atoms with Crippen molar-refractivity contribution in [2.45, 2.75) is 52.6 Å². The van der Waals surface area contributed by atoms with Crippen molar-refractivity contribution in [2.24, 2.45) is 11.8 Å². The molecular weight excluding hydrogens is 302 g/mol. The molecule has 0 saturated heterocycles. The molecule has 132 valence electrons. The van der Waals surface area contributed by atoms with E-state index in [2.05, 4.69) is 29.8 Å². The van der Waals surface area contributed by atoms with Crippen molar-refractivity contribution in [1.82, 2.24) is 16.0 Å². The summed E-state index contributed by atoms with van der Waals surface area (Å²) in [6, 6.07) is 7.88. The fourth-order valence-electron chi connectivity index (χ4n) is 3.15. The Labute approximate surface area is 144 Å². The highest BCUT2D eigenvalue weighted by atomic mass is 16.2. The lowest BCUT2D eigenvalue weighted by Crippen LogP contribution is -2.48. The second kappa shape index (κ2) is 8.71. The van der Waals surface area contributed by atoms with Crippen LogP contribution in [0.2, 0.25) is 0 Å². The standard InChI is InChI=1S/C19H29N3O2/c1-13-7-9-16(10-8-13)11-20-19(24)21-12-18(23)22-17-6-4-5-14(2)15(17)3/h7-10,14-15,17H,4-6,11-12H2,1-3H3,(H,22,23)(H2,20,21,24)/t14-,15+,17-/m1/s1. The maximum absolute atomic E-state index is 12.0. The maximum Gasteiger partial charge on any atom is 0.315 e. The molecule has 0 unspecified atom stereocenters. The van der Waals surface area contributed by atoms with E-state index in [1.165, 1.54) is 12.0 Å². The second-order valence-electron chi connectivity index (χ2n) is 6.96. The molecule has 1 aromatic carbocycles. The minimum atomic E-state index is -0.323. The van der Waals surface area contributed by atoms with Crippen molar-refractivity contribution >= 4 is 11.9 Å². The Bertz CT molecular complexity index is 556. The summed E-state index contributed by atoms with van der Waals surface area (Å²) in [6.07, 6.45) is 3.41. The van der Waals surface area contributed by atoms with E-state index in [0.29, 0.717) is 18.4 Å². The van der Waals surface area contributed by atoms with Gasteiger partial charge in [-0.25, -0.2) is 4.79 Å². The zero-order valence-corrected chi connectivity index (χ0v) is 14.9. The zero-order chi connectivity index (χ0) is 17.5. The predicted octanol–water partition coefficient (Wildman–Crippen LogP) is 2.74. The van der Waals surface area contributed by atoms with Crippen LogP contribution >= 0.6 is 0 Å². The fraction of sp³-hybridized carbons (Fsp3) is 0.579. The summed E-state index contributed by atoms with van der Waals surface area (Å²) in [5.74, 6) is 0.999. The van der Waals surface area contributed by atoms with Crippen LogP contribution in [0.4, 0.5) is 4.79 Å². The van der Waals surface area contributed by atoms with E-state index in [-0.39, 0.29) is 24.5 Å². The van der Waals surface area contributed by atoms with Gasteiger partial charge in [-0.1, -0.05) is 56.5 Å². The Morgan fingerprint density at radius 2 is 1.79 bits per heavy atom. The number of rotatable bonds is 5. The van der Waals surface area contributed by atoms with Crippen molar-refractivity contribution in [3.8, 4) is 0 Å². The molecule has 3 amide bonds. The molecule has 1 saturated carbocycles. The summed E-state index contributed by atoms with van der Waals surface area (Å²) in [4.78, 5) is 23.8. The first-order valence-corrected chi connectivity index (χ1v) is 8.82. The normalized spacial score (nSPS) is 23.4. The van der Waals surface area contributed by atoms with Crippen LogP contribution < -0.4 is 16.0 Å². The number of benzene rings is 1. The molecule has 0 bridgehead atoms. The van der Waals surface area contributed by atoms with E-state index in [0.717, 1.165) is 18.4 Å². The van der Waals surface area contributed by atoms with Crippen LogP contribution in [0.15, 0.2) is 24.3 Å². The molecule has 1 fully saturated rings. The number of aryl methyl sites for hydroxylation is 1. The van der Waals surface area contributed by atoms with E-state index in [9.17, 15) is 9.59 Å². The molecule has 0 aromatic heterocycles. The molecule has 0 heterocycles. The summed E-state index contributed by atoms with van der Waals surface area (Å²) in [7, 11) is 0.